The monoisotopic (exact) mass is 491 g/mol. The summed E-state index contributed by atoms with van der Waals surface area (Å²) in [6, 6.07) is 12.2. The highest BCUT2D eigenvalue weighted by atomic mass is 32.1. The van der Waals surface area contributed by atoms with E-state index >= 15 is 0 Å². The van der Waals surface area contributed by atoms with Crippen molar-refractivity contribution in [3.05, 3.63) is 66.1 Å². The molecule has 1 aliphatic rings. The van der Waals surface area contributed by atoms with E-state index in [0.29, 0.717) is 5.69 Å². The van der Waals surface area contributed by atoms with Gasteiger partial charge < -0.3 is 10.3 Å². The lowest BCUT2D eigenvalue weighted by Gasteiger charge is -2.06. The van der Waals surface area contributed by atoms with Gasteiger partial charge in [-0.3, -0.25) is 19.9 Å². The van der Waals surface area contributed by atoms with E-state index in [-0.39, 0.29) is 11.8 Å². The number of hydrogen-bond acceptors (Lipinski definition) is 6. The molecule has 0 saturated heterocycles. The number of fused-ring (bicyclic) bond motifs is 2. The molecule has 1 amide bonds. The van der Waals surface area contributed by atoms with Crippen LogP contribution in [-0.4, -0.2) is 36.0 Å². The first kappa shape index (κ1) is 21.0. The molecule has 0 radical (unpaired) electrons. The summed E-state index contributed by atoms with van der Waals surface area (Å²) in [7, 11) is 0. The summed E-state index contributed by atoms with van der Waals surface area (Å²) in [5, 5.41) is 11.7. The molecule has 1 aliphatic carbocycles. The first-order valence-corrected chi connectivity index (χ1v) is 12.6. The smallest absolute Gasteiger partial charge is 0.227 e. The van der Waals surface area contributed by atoms with Crippen molar-refractivity contribution >= 4 is 44.9 Å². The van der Waals surface area contributed by atoms with Crippen LogP contribution in [0.15, 0.2) is 61.2 Å². The summed E-state index contributed by atoms with van der Waals surface area (Å²) in [6.07, 6.45) is 9.08. The number of pyridine rings is 3. The molecular formula is C27H21N7OS. The number of anilines is 1. The number of aromatic nitrogens is 6. The van der Waals surface area contributed by atoms with Gasteiger partial charge in [0.15, 0.2) is 0 Å². The maximum absolute atomic E-state index is 12.2. The molecule has 7 rings (SSSR count). The Balaban J connectivity index is 1.28. The minimum Gasteiger partial charge on any atom is -0.352 e. The van der Waals surface area contributed by atoms with Gasteiger partial charge in [0.25, 0.3) is 0 Å². The van der Waals surface area contributed by atoms with Crippen LogP contribution in [0.5, 0.6) is 0 Å². The van der Waals surface area contributed by atoms with E-state index in [1.165, 1.54) is 9.75 Å². The third kappa shape index (κ3) is 3.64. The second-order valence-electron chi connectivity index (χ2n) is 9.13. The van der Waals surface area contributed by atoms with Crippen molar-refractivity contribution in [3.8, 4) is 33.1 Å². The molecule has 1 saturated carbocycles. The van der Waals surface area contributed by atoms with Crippen LogP contribution in [-0.2, 0) is 4.79 Å². The van der Waals surface area contributed by atoms with Crippen LogP contribution in [0.2, 0.25) is 0 Å². The number of H-pyrrole nitrogens is 2. The van der Waals surface area contributed by atoms with Crippen LogP contribution >= 0.6 is 11.3 Å². The molecule has 8 nitrogen and oxygen atoms in total. The second-order valence-corrected chi connectivity index (χ2v) is 10.4. The Morgan fingerprint density at radius 2 is 1.92 bits per heavy atom. The van der Waals surface area contributed by atoms with E-state index in [1.807, 2.05) is 30.6 Å². The van der Waals surface area contributed by atoms with Gasteiger partial charge in [0.1, 0.15) is 11.2 Å². The van der Waals surface area contributed by atoms with Crippen LogP contribution in [0.25, 0.3) is 55.0 Å². The highest BCUT2D eigenvalue weighted by Crippen LogP contribution is 2.36. The molecule has 6 heterocycles. The number of hydrogen-bond donors (Lipinski definition) is 3. The molecule has 3 N–H and O–H groups in total. The molecule has 0 bridgehead atoms. The topological polar surface area (TPSA) is 112 Å². The highest BCUT2D eigenvalue weighted by molar-refractivity contribution is 7.15. The van der Waals surface area contributed by atoms with E-state index in [1.54, 1.807) is 23.7 Å². The van der Waals surface area contributed by atoms with Crippen molar-refractivity contribution < 1.29 is 4.79 Å². The fourth-order valence-corrected chi connectivity index (χ4v) is 5.33. The minimum atomic E-state index is 0.0554. The van der Waals surface area contributed by atoms with Gasteiger partial charge in [-0.25, -0.2) is 4.98 Å². The molecule has 6 aromatic heterocycles. The second kappa shape index (κ2) is 8.10. The van der Waals surface area contributed by atoms with E-state index < -0.39 is 0 Å². The lowest BCUT2D eigenvalue weighted by molar-refractivity contribution is -0.117. The molecule has 1 fully saturated rings. The number of amides is 1. The normalized spacial score (nSPS) is 13.5. The Morgan fingerprint density at radius 3 is 2.75 bits per heavy atom. The number of nitrogens with one attached hydrogen (secondary N) is 3. The van der Waals surface area contributed by atoms with Gasteiger partial charge in [-0.15, -0.1) is 11.3 Å². The molecule has 0 spiro atoms. The number of rotatable bonds is 5. The van der Waals surface area contributed by atoms with Gasteiger partial charge in [-0.1, -0.05) is 0 Å². The van der Waals surface area contributed by atoms with Crippen LogP contribution in [0, 0.1) is 12.8 Å². The molecule has 0 atom stereocenters. The van der Waals surface area contributed by atoms with Gasteiger partial charge in [0, 0.05) is 44.6 Å². The van der Waals surface area contributed by atoms with Crippen molar-refractivity contribution in [1.82, 2.24) is 30.1 Å². The number of carbonyl (C=O) groups is 1. The number of thiophene rings is 1. The lowest BCUT2D eigenvalue weighted by atomic mass is 10.1. The van der Waals surface area contributed by atoms with Gasteiger partial charge in [0.05, 0.1) is 40.5 Å². The third-order valence-electron chi connectivity index (χ3n) is 6.46. The Labute approximate surface area is 209 Å². The van der Waals surface area contributed by atoms with Crippen molar-refractivity contribution in [1.29, 1.82) is 0 Å². The summed E-state index contributed by atoms with van der Waals surface area (Å²) in [5.74, 6) is 0.187. The quantitative estimate of drug-likeness (QED) is 0.276. The molecular weight excluding hydrogens is 470 g/mol. The van der Waals surface area contributed by atoms with Gasteiger partial charge in [-0.05, 0) is 56.2 Å². The summed E-state index contributed by atoms with van der Waals surface area (Å²) >= 11 is 1.75. The molecule has 0 aromatic carbocycles. The minimum absolute atomic E-state index is 0.0554. The van der Waals surface area contributed by atoms with Gasteiger partial charge in [-0.2, -0.15) is 5.10 Å². The predicted octanol–water partition coefficient (Wildman–Crippen LogP) is 5.95. The fourth-order valence-electron chi connectivity index (χ4n) is 4.44. The predicted molar refractivity (Wildman–Crippen MR) is 142 cm³/mol. The van der Waals surface area contributed by atoms with E-state index in [0.717, 1.165) is 63.0 Å². The van der Waals surface area contributed by atoms with E-state index in [9.17, 15) is 4.79 Å². The highest BCUT2D eigenvalue weighted by Gasteiger charge is 2.29. The van der Waals surface area contributed by atoms with Gasteiger partial charge >= 0.3 is 0 Å². The van der Waals surface area contributed by atoms with Crippen molar-refractivity contribution in [2.45, 2.75) is 19.8 Å². The van der Waals surface area contributed by atoms with E-state index in [2.05, 4.69) is 55.6 Å². The molecule has 176 valence electrons. The zero-order valence-electron chi connectivity index (χ0n) is 19.4. The van der Waals surface area contributed by atoms with Crippen molar-refractivity contribution in [2.24, 2.45) is 5.92 Å². The maximum Gasteiger partial charge on any atom is 0.227 e. The average Bonchev–Trinajstić information content (AvgIpc) is 3.30. The summed E-state index contributed by atoms with van der Waals surface area (Å²) in [6.45, 7) is 2.11. The Morgan fingerprint density at radius 1 is 1.03 bits per heavy atom. The number of nitrogens with zero attached hydrogens (tertiary/aromatic N) is 4. The molecule has 6 aromatic rings. The number of carbonyl (C=O) groups excluding carboxylic acids is 1. The summed E-state index contributed by atoms with van der Waals surface area (Å²) in [5.41, 5.74) is 7.51. The standard InChI is InChI=1S/C27H21N7OS/c1-14-2-7-24(36-14)19-12-29-13-23-18(19)9-22(31-23)26-25-21(33-34-26)6-5-20(32-25)16-8-17(11-28-10-16)30-27(35)15-3-4-15/h2,5-13,15,31H,3-4H2,1H3,(H,30,35)(H,33,34). The molecule has 9 heteroatoms. The first-order valence-electron chi connectivity index (χ1n) is 11.8. The third-order valence-corrected chi connectivity index (χ3v) is 7.50. The molecule has 36 heavy (non-hydrogen) atoms. The Kier molecular flexibility index (Phi) is 4.71. The number of aromatic amines is 2. The van der Waals surface area contributed by atoms with Crippen LogP contribution < -0.4 is 5.32 Å². The fraction of sp³-hybridized carbons (Fsp3) is 0.148. The average molecular weight is 492 g/mol. The first-order chi connectivity index (χ1) is 17.6. The van der Waals surface area contributed by atoms with Crippen LogP contribution in [0.4, 0.5) is 5.69 Å². The molecule has 0 aliphatic heterocycles. The number of aryl methyl sites for hydroxylation is 1. The summed E-state index contributed by atoms with van der Waals surface area (Å²) in [4.78, 5) is 31.8. The largest absolute Gasteiger partial charge is 0.352 e. The van der Waals surface area contributed by atoms with E-state index in [4.69, 9.17) is 4.98 Å². The maximum atomic E-state index is 12.2. The molecule has 0 unspecified atom stereocenters. The van der Waals surface area contributed by atoms with Gasteiger partial charge in [0.2, 0.25) is 5.91 Å². The van der Waals surface area contributed by atoms with Crippen molar-refractivity contribution in [2.75, 3.05) is 5.32 Å². The SMILES string of the molecule is Cc1ccc(-c2cncc3[nH]c(-c4n[nH]c5ccc(-c6cncc(NC(=O)C7CC7)c6)nc45)cc23)s1. The zero-order valence-corrected chi connectivity index (χ0v) is 20.2. The lowest BCUT2D eigenvalue weighted by Crippen LogP contribution is -2.13. The Bertz CT molecular complexity index is 1780. The Hall–Kier alpha value is -4.37. The van der Waals surface area contributed by atoms with Crippen LogP contribution in [0.1, 0.15) is 17.7 Å². The zero-order chi connectivity index (χ0) is 24.2. The van der Waals surface area contributed by atoms with Crippen LogP contribution in [0.3, 0.4) is 0 Å². The summed E-state index contributed by atoms with van der Waals surface area (Å²) < 4.78 is 0. The van der Waals surface area contributed by atoms with Crippen molar-refractivity contribution in [3.63, 3.8) is 0 Å².